The largest absolute Gasteiger partial charge is 0.313 e. The van der Waals surface area contributed by atoms with Crippen molar-refractivity contribution in [2.24, 2.45) is 0 Å². The summed E-state index contributed by atoms with van der Waals surface area (Å²) in [6.45, 7) is 10.9. The normalized spacial score (nSPS) is 11.8. The maximum Gasteiger partial charge on any atom is 0.124 e. The molecular formula is C41H35N3S. The van der Waals surface area contributed by atoms with Crippen molar-refractivity contribution in [3.63, 3.8) is 0 Å². The number of thiophene rings is 1. The number of nitrogens with zero attached hydrogens (tertiary/aromatic N) is 3. The Hall–Kier alpha value is -4.93. The van der Waals surface area contributed by atoms with Crippen LogP contribution in [-0.4, -0.2) is 14.1 Å². The number of pyridine rings is 1. The zero-order chi connectivity index (χ0) is 30.7. The van der Waals surface area contributed by atoms with Crippen molar-refractivity contribution >= 4 is 59.5 Å². The number of aromatic nitrogens is 3. The molecule has 8 aromatic rings. The van der Waals surface area contributed by atoms with Gasteiger partial charge in [0.05, 0.1) is 22.9 Å². The van der Waals surface area contributed by atoms with E-state index in [1.54, 1.807) is 11.3 Å². The van der Waals surface area contributed by atoms with E-state index in [2.05, 4.69) is 140 Å². The second-order valence-electron chi connectivity index (χ2n) is 11.8. The van der Waals surface area contributed by atoms with Crippen molar-refractivity contribution in [2.75, 3.05) is 0 Å². The van der Waals surface area contributed by atoms with Crippen LogP contribution in [0.4, 0.5) is 0 Å². The van der Waals surface area contributed by atoms with Crippen LogP contribution in [0, 0.1) is 6.92 Å². The lowest BCUT2D eigenvalue weighted by Crippen LogP contribution is -2.02. The molecule has 0 aliphatic carbocycles. The maximum atomic E-state index is 5.05. The fraction of sp³-hybridized carbons (Fsp3) is 0.146. The Morgan fingerprint density at radius 1 is 0.733 bits per heavy atom. The summed E-state index contributed by atoms with van der Waals surface area (Å²) < 4.78 is 6.14. The molecule has 0 saturated carbocycles. The highest BCUT2D eigenvalue weighted by Gasteiger charge is 2.20. The molecule has 4 heteroatoms. The monoisotopic (exact) mass is 601 g/mol. The van der Waals surface area contributed by atoms with Crippen molar-refractivity contribution in [1.29, 1.82) is 0 Å². The lowest BCUT2D eigenvalue weighted by molar-refractivity contribution is 0.835. The minimum atomic E-state index is 0.975. The molecule has 4 heterocycles. The number of fused-ring (bicyclic) bond motifs is 5. The number of para-hydroxylation sites is 1. The fourth-order valence-electron chi connectivity index (χ4n) is 7.29. The van der Waals surface area contributed by atoms with E-state index in [1.807, 2.05) is 6.08 Å². The SMILES string of the molecule is C=Cc1c(C)n(-c2ccc3c(c2)c(CC)c(CCC)n3-c2cnc3sc4ccc(-c5ccccc5)cc4c3c2)c2ccccc12. The van der Waals surface area contributed by atoms with Gasteiger partial charge in [0.15, 0.2) is 0 Å². The molecule has 4 aromatic carbocycles. The molecule has 0 radical (unpaired) electrons. The molecule has 45 heavy (non-hydrogen) atoms. The third kappa shape index (κ3) is 4.27. The van der Waals surface area contributed by atoms with Crippen LogP contribution in [0.25, 0.3) is 70.7 Å². The van der Waals surface area contributed by atoms with Crippen LogP contribution in [0.15, 0.2) is 110 Å². The van der Waals surface area contributed by atoms with E-state index in [0.29, 0.717) is 0 Å². The second-order valence-corrected chi connectivity index (χ2v) is 12.9. The molecule has 4 aromatic heterocycles. The topological polar surface area (TPSA) is 22.8 Å². The van der Waals surface area contributed by atoms with Gasteiger partial charge in [0.25, 0.3) is 0 Å². The number of hydrogen-bond acceptors (Lipinski definition) is 2. The quantitative estimate of drug-likeness (QED) is 0.178. The third-order valence-electron chi connectivity index (χ3n) is 9.31. The molecule has 220 valence electrons. The van der Waals surface area contributed by atoms with Crippen LogP contribution in [0.2, 0.25) is 0 Å². The zero-order valence-corrected chi connectivity index (χ0v) is 26.8. The van der Waals surface area contributed by atoms with Crippen molar-refractivity contribution in [3.05, 3.63) is 132 Å². The summed E-state index contributed by atoms with van der Waals surface area (Å²) in [5.41, 5.74) is 12.5. The first-order valence-corrected chi connectivity index (χ1v) is 16.7. The first-order chi connectivity index (χ1) is 22.1. The summed E-state index contributed by atoms with van der Waals surface area (Å²) in [4.78, 5) is 6.13. The van der Waals surface area contributed by atoms with Crippen LogP contribution in [-0.2, 0) is 12.8 Å². The molecule has 0 unspecified atom stereocenters. The van der Waals surface area contributed by atoms with Crippen LogP contribution >= 0.6 is 11.3 Å². The van der Waals surface area contributed by atoms with Crippen LogP contribution in [0.3, 0.4) is 0 Å². The van der Waals surface area contributed by atoms with Crippen molar-refractivity contribution in [2.45, 2.75) is 40.0 Å². The van der Waals surface area contributed by atoms with Gasteiger partial charge in [0, 0.05) is 48.9 Å². The first-order valence-electron chi connectivity index (χ1n) is 15.9. The second kappa shape index (κ2) is 10.9. The number of hydrogen-bond donors (Lipinski definition) is 0. The maximum absolute atomic E-state index is 5.05. The highest BCUT2D eigenvalue weighted by atomic mass is 32.1. The van der Waals surface area contributed by atoms with Gasteiger partial charge < -0.3 is 9.13 Å². The lowest BCUT2D eigenvalue weighted by Gasteiger charge is -2.12. The van der Waals surface area contributed by atoms with Crippen LogP contribution in [0.5, 0.6) is 0 Å². The van der Waals surface area contributed by atoms with Gasteiger partial charge in [-0.1, -0.05) is 87.5 Å². The van der Waals surface area contributed by atoms with Crippen LogP contribution < -0.4 is 0 Å². The van der Waals surface area contributed by atoms with Crippen LogP contribution in [0.1, 0.15) is 42.8 Å². The predicted molar refractivity (Wildman–Crippen MR) is 194 cm³/mol. The van der Waals surface area contributed by atoms with E-state index in [9.17, 15) is 0 Å². The minimum Gasteiger partial charge on any atom is -0.313 e. The van der Waals surface area contributed by atoms with Gasteiger partial charge in [0.1, 0.15) is 4.83 Å². The number of rotatable bonds is 7. The predicted octanol–water partition coefficient (Wildman–Crippen LogP) is 11.5. The Bertz CT molecular complexity index is 2400. The van der Waals surface area contributed by atoms with Crippen molar-refractivity contribution in [3.8, 4) is 22.5 Å². The molecule has 0 spiro atoms. The summed E-state index contributed by atoms with van der Waals surface area (Å²) in [6.07, 6.45) is 7.13. The molecule has 0 aliphatic heterocycles. The molecule has 0 saturated heterocycles. The standard InChI is InChI=1S/C41H35N3S/c1-5-13-37-32(7-3)34-23-29(43-26(4)31(6-2)33-16-11-12-17-38(33)43)19-20-39(34)44(37)30-24-36-35-22-28(27-14-9-8-10-15-27)18-21-40(35)45-41(36)42-25-30/h6,8-12,14-25H,2,5,7,13H2,1,3-4H3. The molecule has 0 atom stereocenters. The Morgan fingerprint density at radius 2 is 1.51 bits per heavy atom. The minimum absolute atomic E-state index is 0.975. The van der Waals surface area contributed by atoms with E-state index < -0.39 is 0 Å². The molecule has 0 N–H and O–H groups in total. The molecule has 0 aliphatic rings. The van der Waals surface area contributed by atoms with Gasteiger partial charge in [0.2, 0.25) is 0 Å². The third-order valence-corrected chi connectivity index (χ3v) is 10.4. The Labute approximate surface area is 267 Å². The highest BCUT2D eigenvalue weighted by molar-refractivity contribution is 7.25. The average molecular weight is 602 g/mol. The van der Waals surface area contributed by atoms with Gasteiger partial charge in [-0.2, -0.15) is 0 Å². The zero-order valence-electron chi connectivity index (χ0n) is 26.0. The summed E-state index contributed by atoms with van der Waals surface area (Å²) >= 11 is 1.77. The summed E-state index contributed by atoms with van der Waals surface area (Å²) in [5, 5.41) is 5.04. The molecule has 0 bridgehead atoms. The first kappa shape index (κ1) is 27.6. The summed E-state index contributed by atoms with van der Waals surface area (Å²) in [6, 6.07) is 35.4. The summed E-state index contributed by atoms with van der Waals surface area (Å²) in [5.74, 6) is 0. The lowest BCUT2D eigenvalue weighted by atomic mass is 10.0. The summed E-state index contributed by atoms with van der Waals surface area (Å²) in [7, 11) is 0. The Morgan fingerprint density at radius 3 is 2.31 bits per heavy atom. The van der Waals surface area contributed by atoms with E-state index in [1.165, 1.54) is 76.6 Å². The van der Waals surface area contributed by atoms with Gasteiger partial charge in [-0.3, -0.25) is 0 Å². The fourth-order valence-corrected chi connectivity index (χ4v) is 8.30. The van der Waals surface area contributed by atoms with E-state index in [0.717, 1.165) is 29.8 Å². The number of aryl methyl sites for hydroxylation is 1. The van der Waals surface area contributed by atoms with Crippen molar-refractivity contribution < 1.29 is 0 Å². The van der Waals surface area contributed by atoms with Gasteiger partial charge in [-0.25, -0.2) is 4.98 Å². The van der Waals surface area contributed by atoms with E-state index >= 15 is 0 Å². The highest BCUT2D eigenvalue weighted by Crippen LogP contribution is 2.39. The molecule has 0 amide bonds. The molecular weight excluding hydrogens is 567 g/mol. The van der Waals surface area contributed by atoms with E-state index in [-0.39, 0.29) is 0 Å². The molecule has 0 fully saturated rings. The Balaban J connectivity index is 1.35. The van der Waals surface area contributed by atoms with Gasteiger partial charge in [-0.05, 0) is 78.9 Å². The van der Waals surface area contributed by atoms with E-state index in [4.69, 9.17) is 4.98 Å². The molecule has 8 rings (SSSR count). The smallest absolute Gasteiger partial charge is 0.124 e. The van der Waals surface area contributed by atoms with Crippen molar-refractivity contribution in [1.82, 2.24) is 14.1 Å². The average Bonchev–Trinajstić information content (AvgIpc) is 3.70. The van der Waals surface area contributed by atoms with Gasteiger partial charge >= 0.3 is 0 Å². The number of benzene rings is 4. The Kier molecular flexibility index (Phi) is 6.69. The van der Waals surface area contributed by atoms with Gasteiger partial charge in [-0.15, -0.1) is 11.3 Å². The molecule has 3 nitrogen and oxygen atoms in total.